The highest BCUT2D eigenvalue weighted by molar-refractivity contribution is 5.84. The van der Waals surface area contributed by atoms with Crippen molar-refractivity contribution in [2.24, 2.45) is 0 Å². The van der Waals surface area contributed by atoms with Gasteiger partial charge in [-0.2, -0.15) is 0 Å². The first kappa shape index (κ1) is 10.9. The van der Waals surface area contributed by atoms with Crippen LogP contribution in [-0.4, -0.2) is 53.9 Å². The van der Waals surface area contributed by atoms with Crippen molar-refractivity contribution in [3.63, 3.8) is 0 Å². The van der Waals surface area contributed by atoms with Crippen LogP contribution in [0.1, 0.15) is 6.92 Å². The number of halogens is 1. The van der Waals surface area contributed by atoms with Crippen LogP contribution in [-0.2, 0) is 14.3 Å². The molecule has 0 aromatic heterocycles. The van der Waals surface area contributed by atoms with E-state index in [4.69, 9.17) is 5.11 Å². The molecule has 1 aliphatic heterocycles. The maximum absolute atomic E-state index is 13.3. The Bertz CT molecular complexity index is 258. The van der Waals surface area contributed by atoms with Gasteiger partial charge < -0.3 is 14.7 Å². The summed E-state index contributed by atoms with van der Waals surface area (Å²) in [5.74, 6) is -1.30. The van der Waals surface area contributed by atoms with E-state index in [0.29, 0.717) is 0 Å². The predicted molar refractivity (Wildman–Crippen MR) is 44.1 cm³/mol. The number of nitrogens with zero attached hydrogens (tertiary/aromatic N) is 1. The van der Waals surface area contributed by atoms with E-state index < -0.39 is 30.2 Å². The first-order valence-corrected chi connectivity index (χ1v) is 4.16. The minimum absolute atomic E-state index is 0.170. The molecule has 0 aromatic rings. The summed E-state index contributed by atoms with van der Waals surface area (Å²) in [4.78, 5) is 23.1. The van der Waals surface area contributed by atoms with Crippen molar-refractivity contribution >= 4 is 11.9 Å². The summed E-state index contributed by atoms with van der Waals surface area (Å²) >= 11 is 0. The Hall–Kier alpha value is -1.17. The molecule has 0 aliphatic carbocycles. The highest BCUT2D eigenvalue weighted by Gasteiger charge is 2.47. The topological polar surface area (TPSA) is 66.8 Å². The average molecular weight is 205 g/mol. The molecule has 3 atom stereocenters. The molecule has 0 saturated carbocycles. The number of amides is 1. The first-order valence-electron chi connectivity index (χ1n) is 4.16. The summed E-state index contributed by atoms with van der Waals surface area (Å²) in [5, 5.41) is 9.16. The number of hydrogen-bond donors (Lipinski definition) is 1. The smallest absolute Gasteiger partial charge is 0.331 e. The van der Waals surface area contributed by atoms with Gasteiger partial charge in [0.1, 0.15) is 6.10 Å². The standard InChI is InChI=1S/C8H12FNO4/c1-4(11)10-3-5(12)6(9)7(10)8(13)14-2/h5-7,12H,3H2,1-2H3/t5-,6+,7+/m1/s1. The van der Waals surface area contributed by atoms with Crippen LogP contribution < -0.4 is 0 Å². The quantitative estimate of drug-likeness (QED) is 0.563. The minimum Gasteiger partial charge on any atom is -0.467 e. The average Bonchev–Trinajstić information content (AvgIpc) is 2.43. The number of carbonyl (C=O) groups excluding carboxylic acids is 2. The molecule has 14 heavy (non-hydrogen) atoms. The van der Waals surface area contributed by atoms with Crippen molar-refractivity contribution in [1.82, 2.24) is 4.90 Å². The Kier molecular flexibility index (Phi) is 3.05. The number of rotatable bonds is 1. The Balaban J connectivity index is 2.86. The van der Waals surface area contributed by atoms with Crippen LogP contribution in [0.2, 0.25) is 0 Å². The fourth-order valence-electron chi connectivity index (χ4n) is 1.50. The molecule has 0 bridgehead atoms. The molecule has 1 amide bonds. The second-order valence-electron chi connectivity index (χ2n) is 3.15. The van der Waals surface area contributed by atoms with Crippen LogP contribution in [0.3, 0.4) is 0 Å². The number of aliphatic hydroxyl groups is 1. The summed E-state index contributed by atoms with van der Waals surface area (Å²) in [5.41, 5.74) is 0. The third kappa shape index (κ3) is 1.70. The van der Waals surface area contributed by atoms with Gasteiger partial charge in [0.2, 0.25) is 5.91 Å². The van der Waals surface area contributed by atoms with Crippen molar-refractivity contribution in [3.8, 4) is 0 Å². The molecule has 0 spiro atoms. The molecule has 1 heterocycles. The fraction of sp³-hybridized carbons (Fsp3) is 0.750. The lowest BCUT2D eigenvalue weighted by Crippen LogP contribution is -2.43. The van der Waals surface area contributed by atoms with Crippen LogP contribution in [0.15, 0.2) is 0 Å². The third-order valence-electron chi connectivity index (χ3n) is 2.24. The summed E-state index contributed by atoms with van der Waals surface area (Å²) in [7, 11) is 1.11. The molecule has 1 fully saturated rings. The molecular formula is C8H12FNO4. The minimum atomic E-state index is -1.77. The van der Waals surface area contributed by atoms with Gasteiger partial charge in [-0.05, 0) is 0 Å². The van der Waals surface area contributed by atoms with Crippen LogP contribution in [0.4, 0.5) is 4.39 Å². The number of β-amino-alcohol motifs (C(OH)–C–C–N with tert-alkyl or cyclic N) is 1. The van der Waals surface area contributed by atoms with Crippen LogP contribution in [0.25, 0.3) is 0 Å². The highest BCUT2D eigenvalue weighted by atomic mass is 19.1. The highest BCUT2D eigenvalue weighted by Crippen LogP contribution is 2.22. The van der Waals surface area contributed by atoms with E-state index in [9.17, 15) is 14.0 Å². The molecule has 5 nitrogen and oxygen atoms in total. The number of aliphatic hydroxyl groups excluding tert-OH is 1. The van der Waals surface area contributed by atoms with E-state index in [1.54, 1.807) is 0 Å². The number of likely N-dealkylation sites (tertiary alicyclic amines) is 1. The number of esters is 1. The van der Waals surface area contributed by atoms with Crippen molar-refractivity contribution in [2.75, 3.05) is 13.7 Å². The van der Waals surface area contributed by atoms with Crippen LogP contribution >= 0.6 is 0 Å². The first-order chi connectivity index (χ1) is 6.49. The van der Waals surface area contributed by atoms with E-state index in [0.717, 1.165) is 12.0 Å². The summed E-state index contributed by atoms with van der Waals surface area (Å²) in [6, 6.07) is -1.31. The Morgan fingerprint density at radius 1 is 1.57 bits per heavy atom. The largest absolute Gasteiger partial charge is 0.467 e. The molecule has 6 heteroatoms. The zero-order valence-electron chi connectivity index (χ0n) is 7.94. The number of carbonyl (C=O) groups is 2. The molecule has 1 N–H and O–H groups in total. The van der Waals surface area contributed by atoms with E-state index >= 15 is 0 Å². The van der Waals surface area contributed by atoms with Crippen molar-refractivity contribution in [3.05, 3.63) is 0 Å². The molecule has 1 rings (SSSR count). The normalized spacial score (nSPS) is 31.7. The second kappa shape index (κ2) is 3.91. The maximum Gasteiger partial charge on any atom is 0.331 e. The van der Waals surface area contributed by atoms with Crippen LogP contribution in [0, 0.1) is 0 Å². The Morgan fingerprint density at radius 2 is 2.14 bits per heavy atom. The lowest BCUT2D eigenvalue weighted by molar-refractivity contribution is -0.152. The predicted octanol–water partition coefficient (Wildman–Crippen LogP) is -0.911. The van der Waals surface area contributed by atoms with Gasteiger partial charge in [-0.3, -0.25) is 4.79 Å². The van der Waals surface area contributed by atoms with Gasteiger partial charge in [0.25, 0.3) is 0 Å². The van der Waals surface area contributed by atoms with Gasteiger partial charge >= 0.3 is 5.97 Å². The Morgan fingerprint density at radius 3 is 2.57 bits per heavy atom. The molecule has 0 aromatic carbocycles. The van der Waals surface area contributed by atoms with E-state index in [1.807, 2.05) is 0 Å². The zero-order chi connectivity index (χ0) is 10.9. The van der Waals surface area contributed by atoms with Gasteiger partial charge in [0, 0.05) is 6.92 Å². The van der Waals surface area contributed by atoms with Gasteiger partial charge in [-0.25, -0.2) is 9.18 Å². The molecule has 80 valence electrons. The maximum atomic E-state index is 13.3. The molecule has 0 unspecified atom stereocenters. The third-order valence-corrected chi connectivity index (χ3v) is 2.24. The fourth-order valence-corrected chi connectivity index (χ4v) is 1.50. The number of ether oxygens (including phenoxy) is 1. The lowest BCUT2D eigenvalue weighted by Gasteiger charge is -2.20. The van der Waals surface area contributed by atoms with Crippen molar-refractivity contribution in [1.29, 1.82) is 0 Å². The lowest BCUT2D eigenvalue weighted by atomic mass is 10.1. The van der Waals surface area contributed by atoms with Gasteiger partial charge in [0.05, 0.1) is 13.7 Å². The zero-order valence-corrected chi connectivity index (χ0v) is 7.94. The van der Waals surface area contributed by atoms with E-state index in [-0.39, 0.29) is 6.54 Å². The second-order valence-corrected chi connectivity index (χ2v) is 3.15. The monoisotopic (exact) mass is 205 g/mol. The van der Waals surface area contributed by atoms with Crippen molar-refractivity contribution in [2.45, 2.75) is 25.2 Å². The number of hydrogen-bond acceptors (Lipinski definition) is 4. The van der Waals surface area contributed by atoms with Gasteiger partial charge in [0.15, 0.2) is 12.2 Å². The Labute approximate surface area is 80.4 Å². The van der Waals surface area contributed by atoms with Gasteiger partial charge in [-0.15, -0.1) is 0 Å². The van der Waals surface area contributed by atoms with Crippen LogP contribution in [0.5, 0.6) is 0 Å². The van der Waals surface area contributed by atoms with E-state index in [1.165, 1.54) is 6.92 Å². The molecular weight excluding hydrogens is 193 g/mol. The molecule has 0 radical (unpaired) electrons. The van der Waals surface area contributed by atoms with Crippen molar-refractivity contribution < 1.29 is 23.8 Å². The molecule has 1 saturated heterocycles. The SMILES string of the molecule is COC(=O)[C@@H]1[C@@H](F)[C@H](O)CN1C(C)=O. The number of alkyl halides is 1. The summed E-state index contributed by atoms with van der Waals surface area (Å²) < 4.78 is 17.6. The van der Waals surface area contributed by atoms with E-state index in [2.05, 4.69) is 4.74 Å². The summed E-state index contributed by atoms with van der Waals surface area (Å²) in [6.45, 7) is 1.04. The summed E-state index contributed by atoms with van der Waals surface area (Å²) in [6.07, 6.45) is -3.09. The van der Waals surface area contributed by atoms with Gasteiger partial charge in [-0.1, -0.05) is 0 Å². The molecule has 1 aliphatic rings. The number of methoxy groups -OCH3 is 1.